The van der Waals surface area contributed by atoms with E-state index in [1.54, 1.807) is 18.4 Å². The van der Waals surface area contributed by atoms with Gasteiger partial charge in [-0.15, -0.1) is 11.3 Å². The first-order valence-corrected chi connectivity index (χ1v) is 7.79. The molecule has 2 rings (SSSR count). The molecule has 1 saturated heterocycles. The van der Waals surface area contributed by atoms with Crippen LogP contribution in [-0.2, 0) is 16.4 Å². The highest BCUT2D eigenvalue weighted by Crippen LogP contribution is 2.24. The van der Waals surface area contributed by atoms with Crippen LogP contribution in [0.25, 0.3) is 0 Å². The largest absolute Gasteiger partial charge is 0.487 e. The first-order valence-electron chi connectivity index (χ1n) is 5.15. The molecule has 1 aliphatic heterocycles. The van der Waals surface area contributed by atoms with Crippen LogP contribution in [0.4, 0.5) is 0 Å². The zero-order valence-corrected chi connectivity index (χ0v) is 10.7. The van der Waals surface area contributed by atoms with Crippen LogP contribution in [-0.4, -0.2) is 33.1 Å². The molecule has 1 unspecified atom stereocenters. The monoisotopic (exact) mass is 261 g/mol. The molecule has 0 bridgehead atoms. The topological polar surface area (TPSA) is 55.4 Å². The Bertz CT molecular complexity index is 452. The van der Waals surface area contributed by atoms with Gasteiger partial charge in [-0.05, 0) is 18.6 Å². The lowest BCUT2D eigenvalue weighted by Gasteiger charge is -2.08. The molecule has 0 aromatic carbocycles. The third-order valence-electron chi connectivity index (χ3n) is 2.64. The fraction of sp³-hybridized carbons (Fsp3) is 0.600. The van der Waals surface area contributed by atoms with Crippen molar-refractivity contribution in [2.24, 2.45) is 0 Å². The van der Waals surface area contributed by atoms with E-state index in [0.717, 1.165) is 11.5 Å². The Morgan fingerprint density at radius 2 is 2.38 bits per heavy atom. The van der Waals surface area contributed by atoms with E-state index >= 15 is 0 Å². The highest BCUT2D eigenvalue weighted by atomic mass is 32.2. The maximum absolute atomic E-state index is 11.2. The molecule has 2 heterocycles. The van der Waals surface area contributed by atoms with Crippen molar-refractivity contribution in [1.82, 2.24) is 5.32 Å². The first-order chi connectivity index (χ1) is 7.59. The van der Waals surface area contributed by atoms with E-state index in [-0.39, 0.29) is 11.8 Å². The van der Waals surface area contributed by atoms with Gasteiger partial charge in [0.05, 0.1) is 18.6 Å². The fourth-order valence-corrected chi connectivity index (χ4v) is 4.24. The number of methoxy groups -OCH3 is 1. The third kappa shape index (κ3) is 2.96. The standard InChI is InChI=1S/C10H15NO3S2/c1-14-10-3-2-9(15-10)6-11-8-4-5-16(12,13)7-8/h2-3,8,11H,4-7H2,1H3. The third-order valence-corrected chi connectivity index (χ3v) is 5.45. The summed E-state index contributed by atoms with van der Waals surface area (Å²) in [5, 5.41) is 4.15. The summed E-state index contributed by atoms with van der Waals surface area (Å²) in [7, 11) is -1.14. The van der Waals surface area contributed by atoms with Crippen LogP contribution in [0.5, 0.6) is 5.06 Å². The molecule has 0 aliphatic carbocycles. The lowest BCUT2D eigenvalue weighted by Crippen LogP contribution is -2.29. The van der Waals surface area contributed by atoms with Gasteiger partial charge in [-0.3, -0.25) is 0 Å². The number of hydrogen-bond donors (Lipinski definition) is 1. The second-order valence-corrected chi connectivity index (χ2v) is 7.27. The molecular weight excluding hydrogens is 246 g/mol. The predicted molar refractivity (Wildman–Crippen MR) is 64.8 cm³/mol. The quantitative estimate of drug-likeness (QED) is 0.879. The normalized spacial score (nSPS) is 23.4. The summed E-state index contributed by atoms with van der Waals surface area (Å²) >= 11 is 1.58. The van der Waals surface area contributed by atoms with Gasteiger partial charge in [-0.1, -0.05) is 0 Å². The molecule has 0 amide bonds. The van der Waals surface area contributed by atoms with E-state index in [0.29, 0.717) is 12.3 Å². The SMILES string of the molecule is COc1ccc(CNC2CCS(=O)(=O)C2)s1. The molecule has 1 aliphatic rings. The van der Waals surface area contributed by atoms with Gasteiger partial charge in [0.15, 0.2) is 14.9 Å². The number of rotatable bonds is 4. The number of sulfone groups is 1. The maximum atomic E-state index is 11.2. The Morgan fingerprint density at radius 3 is 2.94 bits per heavy atom. The van der Waals surface area contributed by atoms with E-state index in [1.807, 2.05) is 12.1 Å². The molecule has 0 spiro atoms. The summed E-state index contributed by atoms with van der Waals surface area (Å²) < 4.78 is 27.6. The number of thiophene rings is 1. The van der Waals surface area contributed by atoms with Crippen molar-refractivity contribution in [2.75, 3.05) is 18.6 Å². The van der Waals surface area contributed by atoms with Crippen LogP contribution in [0.15, 0.2) is 12.1 Å². The van der Waals surface area contributed by atoms with Gasteiger partial charge in [0.1, 0.15) is 0 Å². The minimum atomic E-state index is -2.78. The Hall–Kier alpha value is -0.590. The number of hydrogen-bond acceptors (Lipinski definition) is 5. The zero-order chi connectivity index (χ0) is 11.6. The first kappa shape index (κ1) is 11.9. The van der Waals surface area contributed by atoms with Crippen molar-refractivity contribution in [1.29, 1.82) is 0 Å². The van der Waals surface area contributed by atoms with Crippen molar-refractivity contribution in [2.45, 2.75) is 19.0 Å². The summed E-state index contributed by atoms with van der Waals surface area (Å²) in [5.74, 6) is 0.591. The highest BCUT2D eigenvalue weighted by molar-refractivity contribution is 7.91. The van der Waals surface area contributed by atoms with Gasteiger partial charge >= 0.3 is 0 Å². The summed E-state index contributed by atoms with van der Waals surface area (Å²) in [5.41, 5.74) is 0. The van der Waals surface area contributed by atoms with Gasteiger partial charge in [-0.2, -0.15) is 0 Å². The number of nitrogens with one attached hydrogen (secondary N) is 1. The zero-order valence-electron chi connectivity index (χ0n) is 9.10. The van der Waals surface area contributed by atoms with Crippen molar-refractivity contribution in [3.8, 4) is 5.06 Å². The summed E-state index contributed by atoms with van der Waals surface area (Å²) in [6.45, 7) is 0.716. The van der Waals surface area contributed by atoms with E-state index < -0.39 is 9.84 Å². The molecule has 16 heavy (non-hydrogen) atoms. The van der Waals surface area contributed by atoms with Gasteiger partial charge in [0.25, 0.3) is 0 Å². The average molecular weight is 261 g/mol. The highest BCUT2D eigenvalue weighted by Gasteiger charge is 2.27. The lowest BCUT2D eigenvalue weighted by molar-refractivity contribution is 0.427. The van der Waals surface area contributed by atoms with E-state index in [1.165, 1.54) is 4.88 Å². The molecule has 90 valence electrons. The molecule has 1 aromatic rings. The molecule has 1 atom stereocenters. The van der Waals surface area contributed by atoms with Crippen molar-refractivity contribution in [3.63, 3.8) is 0 Å². The Morgan fingerprint density at radius 1 is 1.56 bits per heavy atom. The number of ether oxygens (including phenoxy) is 1. The minimum absolute atomic E-state index is 0.109. The Labute approximate surface area is 99.5 Å². The van der Waals surface area contributed by atoms with E-state index in [2.05, 4.69) is 5.32 Å². The van der Waals surface area contributed by atoms with Crippen molar-refractivity contribution in [3.05, 3.63) is 17.0 Å². The minimum Gasteiger partial charge on any atom is -0.487 e. The van der Waals surface area contributed by atoms with Gasteiger partial charge < -0.3 is 10.1 Å². The summed E-state index contributed by atoms with van der Waals surface area (Å²) in [6, 6.07) is 4.03. The lowest BCUT2D eigenvalue weighted by atomic mass is 10.2. The molecule has 1 aromatic heterocycles. The molecular formula is C10H15NO3S2. The van der Waals surface area contributed by atoms with Gasteiger partial charge in [0, 0.05) is 17.5 Å². The van der Waals surface area contributed by atoms with Crippen LogP contribution < -0.4 is 10.1 Å². The molecule has 1 N–H and O–H groups in total. The fourth-order valence-electron chi connectivity index (χ4n) is 1.76. The summed E-state index contributed by atoms with van der Waals surface area (Å²) in [4.78, 5) is 1.17. The van der Waals surface area contributed by atoms with Crippen LogP contribution in [0, 0.1) is 0 Å². The molecule has 4 nitrogen and oxygen atoms in total. The van der Waals surface area contributed by atoms with Crippen LogP contribution in [0.2, 0.25) is 0 Å². The average Bonchev–Trinajstić information content (AvgIpc) is 2.81. The van der Waals surface area contributed by atoms with Crippen LogP contribution in [0.3, 0.4) is 0 Å². The Balaban J connectivity index is 1.84. The van der Waals surface area contributed by atoms with Gasteiger partial charge in [-0.25, -0.2) is 8.42 Å². The van der Waals surface area contributed by atoms with Crippen LogP contribution in [0.1, 0.15) is 11.3 Å². The van der Waals surface area contributed by atoms with Crippen molar-refractivity contribution >= 4 is 21.2 Å². The van der Waals surface area contributed by atoms with E-state index in [9.17, 15) is 8.42 Å². The van der Waals surface area contributed by atoms with Crippen LogP contribution >= 0.6 is 11.3 Å². The molecule has 0 saturated carbocycles. The molecule has 1 fully saturated rings. The Kier molecular flexibility index (Phi) is 3.51. The predicted octanol–water partition coefficient (Wildman–Crippen LogP) is 1.03. The molecule has 0 radical (unpaired) electrons. The van der Waals surface area contributed by atoms with E-state index in [4.69, 9.17) is 4.74 Å². The second kappa shape index (κ2) is 4.73. The molecule has 6 heteroatoms. The second-order valence-electron chi connectivity index (χ2n) is 3.91. The maximum Gasteiger partial charge on any atom is 0.173 e. The smallest absolute Gasteiger partial charge is 0.173 e. The summed E-state index contributed by atoms with van der Waals surface area (Å²) in [6.07, 6.45) is 0.727. The van der Waals surface area contributed by atoms with Crippen molar-refractivity contribution < 1.29 is 13.2 Å². The van der Waals surface area contributed by atoms with Gasteiger partial charge in [0.2, 0.25) is 0 Å².